The van der Waals surface area contributed by atoms with Gasteiger partial charge in [0.1, 0.15) is 6.61 Å². The minimum atomic E-state index is 0.0560. The quantitative estimate of drug-likeness (QED) is 0.805. The first-order chi connectivity index (χ1) is 10.7. The van der Waals surface area contributed by atoms with Crippen molar-refractivity contribution in [1.29, 1.82) is 0 Å². The third-order valence-electron chi connectivity index (χ3n) is 4.49. The van der Waals surface area contributed by atoms with E-state index in [1.807, 2.05) is 6.92 Å². The highest BCUT2D eigenvalue weighted by Gasteiger charge is 2.37. The van der Waals surface area contributed by atoms with Gasteiger partial charge >= 0.3 is 0 Å². The van der Waals surface area contributed by atoms with Crippen LogP contribution in [0.15, 0.2) is 65.7 Å². The molecule has 0 N–H and O–H groups in total. The van der Waals surface area contributed by atoms with Gasteiger partial charge < -0.3 is 4.74 Å². The molecule has 0 spiro atoms. The van der Waals surface area contributed by atoms with E-state index in [1.54, 1.807) is 0 Å². The molecule has 0 radical (unpaired) electrons. The Bertz CT molecular complexity index is 592. The van der Waals surface area contributed by atoms with E-state index in [0.29, 0.717) is 6.61 Å². The molecular formula is C20H23NO. The number of benzene rings is 2. The normalized spacial score (nSPS) is 17.9. The maximum Gasteiger partial charge on any atom is 0.180 e. The third kappa shape index (κ3) is 3.38. The fourth-order valence-corrected chi connectivity index (χ4v) is 3.27. The third-order valence-corrected chi connectivity index (χ3v) is 4.49. The van der Waals surface area contributed by atoms with E-state index in [9.17, 15) is 0 Å². The molecule has 1 aliphatic rings. The van der Waals surface area contributed by atoms with Gasteiger partial charge in [-0.1, -0.05) is 67.6 Å². The molecule has 114 valence electrons. The van der Waals surface area contributed by atoms with Gasteiger partial charge in [-0.3, -0.25) is 0 Å². The molecule has 2 aromatic rings. The van der Waals surface area contributed by atoms with E-state index in [2.05, 4.69) is 67.6 Å². The van der Waals surface area contributed by atoms with Crippen molar-refractivity contribution in [3.63, 3.8) is 0 Å². The van der Waals surface area contributed by atoms with Crippen LogP contribution >= 0.6 is 0 Å². The Hall–Kier alpha value is -2.09. The molecular weight excluding hydrogens is 270 g/mol. The standard InChI is InChI=1S/C20H23NO/c1-16-21-19(15-22-16)20(2,13-17-9-5-3-6-10-17)14-18-11-7-4-8-12-18/h3-12,19H,13-15H2,1-2H3/t19-/m0/s1. The minimum absolute atomic E-state index is 0.0560. The van der Waals surface area contributed by atoms with Crippen molar-refractivity contribution in [2.24, 2.45) is 10.4 Å². The SMILES string of the molecule is CC1=N[C@H](C(C)(Cc2ccccc2)Cc2ccccc2)CO1. The number of aliphatic imine (C=N–C) groups is 1. The second-order valence-corrected chi connectivity index (χ2v) is 6.45. The Balaban J connectivity index is 1.88. The van der Waals surface area contributed by atoms with Crippen molar-refractivity contribution in [1.82, 2.24) is 0 Å². The molecule has 0 aromatic heterocycles. The first-order valence-electron chi connectivity index (χ1n) is 7.91. The largest absolute Gasteiger partial charge is 0.479 e. The monoisotopic (exact) mass is 293 g/mol. The van der Waals surface area contributed by atoms with Crippen molar-refractivity contribution in [3.8, 4) is 0 Å². The van der Waals surface area contributed by atoms with Crippen LogP contribution in [0.2, 0.25) is 0 Å². The lowest BCUT2D eigenvalue weighted by molar-refractivity contribution is 0.196. The zero-order chi connectivity index (χ0) is 15.4. The lowest BCUT2D eigenvalue weighted by Gasteiger charge is -2.33. The van der Waals surface area contributed by atoms with Crippen molar-refractivity contribution >= 4 is 5.90 Å². The Morgan fingerprint density at radius 1 is 0.955 bits per heavy atom. The predicted octanol–water partition coefficient (Wildman–Crippen LogP) is 4.30. The Labute approximate surface area is 132 Å². The summed E-state index contributed by atoms with van der Waals surface area (Å²) in [4.78, 5) is 4.75. The van der Waals surface area contributed by atoms with E-state index in [0.717, 1.165) is 18.7 Å². The van der Waals surface area contributed by atoms with Gasteiger partial charge in [0.05, 0.1) is 6.04 Å². The summed E-state index contributed by atoms with van der Waals surface area (Å²) in [5, 5.41) is 0. The highest BCUT2D eigenvalue weighted by atomic mass is 16.5. The van der Waals surface area contributed by atoms with Crippen molar-refractivity contribution < 1.29 is 4.74 Å². The molecule has 3 rings (SSSR count). The summed E-state index contributed by atoms with van der Waals surface area (Å²) in [5.41, 5.74) is 2.78. The molecule has 0 saturated heterocycles. The molecule has 2 nitrogen and oxygen atoms in total. The van der Waals surface area contributed by atoms with Crippen LogP contribution in [-0.4, -0.2) is 18.5 Å². The lowest BCUT2D eigenvalue weighted by atomic mass is 9.73. The Morgan fingerprint density at radius 2 is 1.45 bits per heavy atom. The summed E-state index contributed by atoms with van der Waals surface area (Å²) in [5.74, 6) is 0.817. The molecule has 22 heavy (non-hydrogen) atoms. The van der Waals surface area contributed by atoms with Gasteiger partial charge in [-0.25, -0.2) is 4.99 Å². The molecule has 1 aliphatic heterocycles. The Kier molecular flexibility index (Phi) is 4.28. The maximum absolute atomic E-state index is 5.64. The summed E-state index contributed by atoms with van der Waals surface area (Å²) in [6.45, 7) is 4.98. The number of hydrogen-bond acceptors (Lipinski definition) is 2. The van der Waals surface area contributed by atoms with Gasteiger partial charge in [0.25, 0.3) is 0 Å². The molecule has 2 heteroatoms. The summed E-state index contributed by atoms with van der Waals surface area (Å²) in [6.07, 6.45) is 2.01. The first-order valence-corrected chi connectivity index (χ1v) is 7.91. The van der Waals surface area contributed by atoms with Gasteiger partial charge in [-0.2, -0.15) is 0 Å². The number of nitrogens with zero attached hydrogens (tertiary/aromatic N) is 1. The van der Waals surface area contributed by atoms with Crippen molar-refractivity contribution in [3.05, 3.63) is 71.8 Å². The molecule has 2 aromatic carbocycles. The summed E-state index contributed by atoms with van der Waals surface area (Å²) < 4.78 is 5.64. The van der Waals surface area contributed by atoms with Crippen LogP contribution in [0.3, 0.4) is 0 Å². The minimum Gasteiger partial charge on any atom is -0.479 e. The van der Waals surface area contributed by atoms with E-state index >= 15 is 0 Å². The average Bonchev–Trinajstić information content (AvgIpc) is 2.96. The average molecular weight is 293 g/mol. The van der Waals surface area contributed by atoms with Gasteiger partial charge in [0, 0.05) is 12.3 Å². The second-order valence-electron chi connectivity index (χ2n) is 6.45. The maximum atomic E-state index is 5.64. The highest BCUT2D eigenvalue weighted by molar-refractivity contribution is 5.74. The lowest BCUT2D eigenvalue weighted by Crippen LogP contribution is -2.36. The summed E-state index contributed by atoms with van der Waals surface area (Å²) in [6, 6.07) is 21.6. The number of hydrogen-bond donors (Lipinski definition) is 0. The summed E-state index contributed by atoms with van der Waals surface area (Å²) in [7, 11) is 0. The van der Waals surface area contributed by atoms with Crippen LogP contribution in [0.5, 0.6) is 0 Å². The van der Waals surface area contributed by atoms with Crippen LogP contribution in [0.1, 0.15) is 25.0 Å². The van der Waals surface area contributed by atoms with Gasteiger partial charge in [-0.15, -0.1) is 0 Å². The fraction of sp³-hybridized carbons (Fsp3) is 0.350. The molecule has 0 bridgehead atoms. The van der Waals surface area contributed by atoms with Gasteiger partial charge in [-0.05, 0) is 24.0 Å². The van der Waals surface area contributed by atoms with Gasteiger partial charge in [0.15, 0.2) is 5.90 Å². The van der Waals surface area contributed by atoms with Gasteiger partial charge in [0.2, 0.25) is 0 Å². The predicted molar refractivity (Wildman–Crippen MR) is 91.2 cm³/mol. The molecule has 0 unspecified atom stereocenters. The first kappa shape index (κ1) is 14.8. The fourth-order valence-electron chi connectivity index (χ4n) is 3.27. The molecule has 1 heterocycles. The van der Waals surface area contributed by atoms with E-state index < -0.39 is 0 Å². The van der Waals surface area contributed by atoms with Crippen molar-refractivity contribution in [2.45, 2.75) is 32.7 Å². The van der Waals surface area contributed by atoms with E-state index in [1.165, 1.54) is 11.1 Å². The topological polar surface area (TPSA) is 21.6 Å². The number of rotatable bonds is 5. The number of ether oxygens (including phenoxy) is 1. The Morgan fingerprint density at radius 3 is 1.86 bits per heavy atom. The molecule has 0 aliphatic carbocycles. The zero-order valence-corrected chi connectivity index (χ0v) is 13.3. The van der Waals surface area contributed by atoms with Crippen LogP contribution in [0.4, 0.5) is 0 Å². The van der Waals surface area contributed by atoms with Crippen LogP contribution in [0, 0.1) is 5.41 Å². The molecule has 1 atom stereocenters. The molecule has 0 amide bonds. The summed E-state index contributed by atoms with van der Waals surface area (Å²) >= 11 is 0. The molecule has 0 saturated carbocycles. The van der Waals surface area contributed by atoms with Crippen LogP contribution in [-0.2, 0) is 17.6 Å². The highest BCUT2D eigenvalue weighted by Crippen LogP contribution is 2.35. The second kappa shape index (κ2) is 6.35. The van der Waals surface area contributed by atoms with E-state index in [4.69, 9.17) is 9.73 Å². The zero-order valence-electron chi connectivity index (χ0n) is 13.3. The molecule has 0 fully saturated rings. The van der Waals surface area contributed by atoms with Crippen molar-refractivity contribution in [2.75, 3.05) is 6.61 Å². The smallest absolute Gasteiger partial charge is 0.180 e. The van der Waals surface area contributed by atoms with Crippen LogP contribution in [0.25, 0.3) is 0 Å². The van der Waals surface area contributed by atoms with E-state index in [-0.39, 0.29) is 11.5 Å². The van der Waals surface area contributed by atoms with Crippen LogP contribution < -0.4 is 0 Å².